The molecule has 1 aromatic heterocycles. The second-order valence-electron chi connectivity index (χ2n) is 4.09. The number of rotatable bonds is 6. The van der Waals surface area contributed by atoms with E-state index in [0.29, 0.717) is 5.75 Å². The molecule has 0 aliphatic heterocycles. The smallest absolute Gasteiger partial charge is 0.390 e. The van der Waals surface area contributed by atoms with Crippen LogP contribution in [0.5, 0.6) is 5.75 Å². The lowest BCUT2D eigenvalue weighted by molar-refractivity contribution is -0.389. The number of aromatic nitrogens is 2. The lowest BCUT2D eigenvalue weighted by Crippen LogP contribution is -2.21. The molecule has 0 aliphatic rings. The average Bonchev–Trinajstić information content (AvgIpc) is 2.94. The fourth-order valence-electron chi connectivity index (χ4n) is 1.51. The summed E-state index contributed by atoms with van der Waals surface area (Å²) in [6.07, 6.45) is 2.92. The van der Waals surface area contributed by atoms with E-state index in [1.807, 2.05) is 0 Å². The zero-order chi connectivity index (χ0) is 15.9. The Kier molecular flexibility index (Phi) is 4.65. The van der Waals surface area contributed by atoms with Gasteiger partial charge < -0.3 is 26.3 Å². The van der Waals surface area contributed by atoms with Crippen molar-refractivity contribution in [1.29, 1.82) is 0 Å². The predicted octanol–water partition coefficient (Wildman–Crippen LogP) is 0.435. The van der Waals surface area contributed by atoms with Crippen molar-refractivity contribution in [2.45, 2.75) is 6.73 Å². The number of nitrogens with zero attached hydrogens (tertiary/aromatic N) is 5. The van der Waals surface area contributed by atoms with Crippen molar-refractivity contribution in [2.24, 2.45) is 21.7 Å². The van der Waals surface area contributed by atoms with Crippen LogP contribution in [0.15, 0.2) is 46.7 Å². The Morgan fingerprint density at radius 3 is 2.95 bits per heavy atom. The minimum Gasteiger partial charge on any atom is -0.469 e. The molecule has 0 saturated heterocycles. The molecule has 0 spiro atoms. The molecular formula is C12H13N7O3. The number of nitro groups is 1. The van der Waals surface area contributed by atoms with E-state index in [1.165, 1.54) is 23.2 Å². The van der Waals surface area contributed by atoms with Crippen LogP contribution in [-0.4, -0.2) is 26.9 Å². The van der Waals surface area contributed by atoms with Crippen molar-refractivity contribution in [3.8, 4) is 5.75 Å². The van der Waals surface area contributed by atoms with Crippen molar-refractivity contribution in [1.82, 2.24) is 9.78 Å². The zero-order valence-corrected chi connectivity index (χ0v) is 11.4. The first-order valence-electron chi connectivity index (χ1n) is 6.07. The maximum absolute atomic E-state index is 10.5. The van der Waals surface area contributed by atoms with Gasteiger partial charge >= 0.3 is 5.82 Å². The second-order valence-corrected chi connectivity index (χ2v) is 4.09. The summed E-state index contributed by atoms with van der Waals surface area (Å²) in [6, 6.07) is 8.29. The van der Waals surface area contributed by atoms with E-state index in [1.54, 1.807) is 24.3 Å². The van der Waals surface area contributed by atoms with Crippen molar-refractivity contribution >= 4 is 18.0 Å². The van der Waals surface area contributed by atoms with Gasteiger partial charge in [0.1, 0.15) is 5.75 Å². The molecule has 10 nitrogen and oxygen atoms in total. The summed E-state index contributed by atoms with van der Waals surface area (Å²) in [5.74, 6) is 0.178. The van der Waals surface area contributed by atoms with Crippen LogP contribution in [-0.2, 0) is 6.73 Å². The van der Waals surface area contributed by atoms with Crippen molar-refractivity contribution in [3.63, 3.8) is 0 Å². The first-order chi connectivity index (χ1) is 10.5. The molecule has 1 aromatic carbocycles. The fraction of sp³-hybridized carbons (Fsp3) is 0.0833. The highest BCUT2D eigenvalue weighted by atomic mass is 16.6. The number of nitrogens with two attached hydrogens (primary N) is 2. The summed E-state index contributed by atoms with van der Waals surface area (Å²) >= 11 is 0. The molecule has 0 saturated carbocycles. The lowest BCUT2D eigenvalue weighted by atomic mass is 10.2. The molecule has 114 valence electrons. The Hall–Kier alpha value is -3.43. The van der Waals surface area contributed by atoms with Crippen molar-refractivity contribution < 1.29 is 9.66 Å². The maximum Gasteiger partial charge on any atom is 0.390 e. The third kappa shape index (κ3) is 4.30. The van der Waals surface area contributed by atoms with Crippen LogP contribution in [0.1, 0.15) is 5.56 Å². The van der Waals surface area contributed by atoms with Gasteiger partial charge in [0.15, 0.2) is 0 Å². The Morgan fingerprint density at radius 1 is 1.45 bits per heavy atom. The Bertz CT molecular complexity index is 719. The summed E-state index contributed by atoms with van der Waals surface area (Å²) < 4.78 is 6.80. The first-order valence-corrected chi connectivity index (χ1v) is 6.07. The molecule has 0 amide bonds. The summed E-state index contributed by atoms with van der Waals surface area (Å²) in [5.41, 5.74) is 11.0. The third-order valence-corrected chi connectivity index (χ3v) is 2.42. The predicted molar refractivity (Wildman–Crippen MR) is 79.4 cm³/mol. The standard InChI is InChI=1S/C12H13N7O3/c13-12(14)16-15-7-9-2-1-3-10(6-9)22-8-18-5-4-11(17-18)19(20)21/h1-7H,8H2,(H4,13,14,16). The van der Waals surface area contributed by atoms with Gasteiger partial charge in [-0.05, 0) is 22.6 Å². The quantitative estimate of drug-likeness (QED) is 0.342. The van der Waals surface area contributed by atoms with E-state index in [2.05, 4.69) is 15.3 Å². The fourth-order valence-corrected chi connectivity index (χ4v) is 1.51. The maximum atomic E-state index is 10.5. The van der Waals surface area contributed by atoms with Gasteiger partial charge in [-0.25, -0.2) is 0 Å². The first kappa shape index (κ1) is 15.0. The lowest BCUT2D eigenvalue weighted by Gasteiger charge is -2.04. The van der Waals surface area contributed by atoms with E-state index in [9.17, 15) is 10.1 Å². The van der Waals surface area contributed by atoms with Gasteiger partial charge in [0.25, 0.3) is 0 Å². The van der Waals surface area contributed by atoms with E-state index in [0.717, 1.165) is 5.56 Å². The summed E-state index contributed by atoms with van der Waals surface area (Å²) in [4.78, 5) is 9.96. The highest BCUT2D eigenvalue weighted by Crippen LogP contribution is 2.13. The Labute approximate surface area is 124 Å². The molecule has 0 fully saturated rings. The SMILES string of the molecule is NC(N)=NN=Cc1cccc(OCn2ccc([N+](=O)[O-])n2)c1. The Balaban J connectivity index is 1.99. The molecule has 0 atom stereocenters. The van der Waals surface area contributed by atoms with E-state index < -0.39 is 4.92 Å². The van der Waals surface area contributed by atoms with Crippen LogP contribution in [0.3, 0.4) is 0 Å². The minimum atomic E-state index is -0.572. The van der Waals surface area contributed by atoms with Crippen LogP contribution in [0.2, 0.25) is 0 Å². The van der Waals surface area contributed by atoms with Gasteiger partial charge in [-0.15, -0.1) is 9.78 Å². The second kappa shape index (κ2) is 6.83. The van der Waals surface area contributed by atoms with Crippen LogP contribution in [0.4, 0.5) is 5.82 Å². The molecule has 1 heterocycles. The van der Waals surface area contributed by atoms with Crippen molar-refractivity contribution in [2.75, 3.05) is 0 Å². The number of guanidine groups is 1. The molecule has 22 heavy (non-hydrogen) atoms. The minimum absolute atomic E-state index is 0.0440. The van der Waals surface area contributed by atoms with Gasteiger partial charge in [0, 0.05) is 0 Å². The van der Waals surface area contributed by atoms with Crippen LogP contribution in [0, 0.1) is 10.1 Å². The largest absolute Gasteiger partial charge is 0.469 e. The number of ether oxygens (including phenoxy) is 1. The average molecular weight is 303 g/mol. The number of hydrogen-bond donors (Lipinski definition) is 2. The molecule has 4 N–H and O–H groups in total. The van der Waals surface area contributed by atoms with E-state index in [-0.39, 0.29) is 18.5 Å². The molecule has 0 aliphatic carbocycles. The Morgan fingerprint density at radius 2 is 2.27 bits per heavy atom. The number of hydrogen-bond acceptors (Lipinski definition) is 6. The topological polar surface area (TPSA) is 147 Å². The molecule has 2 rings (SSSR count). The molecule has 0 unspecified atom stereocenters. The highest BCUT2D eigenvalue weighted by molar-refractivity contribution is 5.81. The summed E-state index contributed by atoms with van der Waals surface area (Å²) in [6.45, 7) is 0.0440. The molecule has 0 bridgehead atoms. The van der Waals surface area contributed by atoms with Gasteiger partial charge in [-0.2, -0.15) is 5.10 Å². The zero-order valence-electron chi connectivity index (χ0n) is 11.4. The van der Waals surface area contributed by atoms with E-state index in [4.69, 9.17) is 16.2 Å². The van der Waals surface area contributed by atoms with Crippen molar-refractivity contribution in [3.05, 3.63) is 52.2 Å². The van der Waals surface area contributed by atoms with Crippen LogP contribution >= 0.6 is 0 Å². The molecular weight excluding hydrogens is 290 g/mol. The normalized spacial score (nSPS) is 10.5. The monoisotopic (exact) mass is 303 g/mol. The third-order valence-electron chi connectivity index (χ3n) is 2.42. The molecule has 0 radical (unpaired) electrons. The molecule has 10 heteroatoms. The van der Waals surface area contributed by atoms with Gasteiger partial charge in [-0.1, -0.05) is 12.1 Å². The number of benzene rings is 1. The van der Waals surface area contributed by atoms with Gasteiger partial charge in [0.05, 0.1) is 23.6 Å². The molecule has 2 aromatic rings. The summed E-state index contributed by atoms with van der Waals surface area (Å²) in [7, 11) is 0. The van der Waals surface area contributed by atoms with Gasteiger partial charge in [0.2, 0.25) is 12.7 Å². The van der Waals surface area contributed by atoms with Crippen LogP contribution < -0.4 is 16.2 Å². The highest BCUT2D eigenvalue weighted by Gasteiger charge is 2.10. The summed E-state index contributed by atoms with van der Waals surface area (Å²) in [5, 5.41) is 21.4. The van der Waals surface area contributed by atoms with Gasteiger partial charge in [-0.3, -0.25) is 0 Å². The van der Waals surface area contributed by atoms with E-state index >= 15 is 0 Å². The van der Waals surface area contributed by atoms with Crippen LogP contribution in [0.25, 0.3) is 0 Å².